The van der Waals surface area contributed by atoms with Crippen LogP contribution in [0.25, 0.3) is 0 Å². The lowest BCUT2D eigenvalue weighted by molar-refractivity contribution is 0.119. The maximum Gasteiger partial charge on any atom is 0.320 e. The molecule has 0 spiro atoms. The molecule has 0 aliphatic heterocycles. The van der Waals surface area contributed by atoms with Crippen molar-refractivity contribution in [2.45, 2.75) is 20.3 Å². The summed E-state index contributed by atoms with van der Waals surface area (Å²) in [6, 6.07) is 0.0863. The van der Waals surface area contributed by atoms with Gasteiger partial charge in [-0.3, -0.25) is 0 Å². The maximum absolute atomic E-state index is 12.2. The van der Waals surface area contributed by atoms with Crippen molar-refractivity contribution >= 4 is 6.03 Å². The Labute approximate surface area is 105 Å². The predicted octanol–water partition coefficient (Wildman–Crippen LogP) is 1.43. The minimum Gasteiger partial charge on any atom is -0.385 e. The van der Waals surface area contributed by atoms with Gasteiger partial charge >= 0.3 is 6.03 Å². The summed E-state index contributed by atoms with van der Waals surface area (Å²) in [5.41, 5.74) is 0. The Hall–Kier alpha value is -0.810. The van der Waals surface area contributed by atoms with Crippen LogP contribution in [-0.2, 0) is 9.47 Å². The Morgan fingerprint density at radius 2 is 1.53 bits per heavy atom. The van der Waals surface area contributed by atoms with Crippen molar-refractivity contribution in [2.75, 3.05) is 53.6 Å². The summed E-state index contributed by atoms with van der Waals surface area (Å²) in [7, 11) is 3.32. The molecule has 5 nitrogen and oxygen atoms in total. The normalized spacial score (nSPS) is 10.4. The van der Waals surface area contributed by atoms with Crippen LogP contribution >= 0.6 is 0 Å². The van der Waals surface area contributed by atoms with E-state index >= 15 is 0 Å². The topological polar surface area (TPSA) is 42.0 Å². The summed E-state index contributed by atoms with van der Waals surface area (Å²) < 4.78 is 10.0. The Morgan fingerprint density at radius 3 is 2.00 bits per heavy atom. The molecule has 0 atom stereocenters. The minimum absolute atomic E-state index is 0.0863. The second-order valence-corrected chi connectivity index (χ2v) is 3.78. The maximum atomic E-state index is 12.2. The summed E-state index contributed by atoms with van der Waals surface area (Å²) in [5.74, 6) is 0. The lowest BCUT2D eigenvalue weighted by atomic mass is 10.4. The number of hydrogen-bond donors (Lipinski definition) is 0. The van der Waals surface area contributed by atoms with Crippen LogP contribution in [0, 0.1) is 0 Å². The molecule has 0 aromatic rings. The molecular formula is C12H26N2O3. The summed E-state index contributed by atoms with van der Waals surface area (Å²) in [4.78, 5) is 15.8. The van der Waals surface area contributed by atoms with Gasteiger partial charge in [0.2, 0.25) is 0 Å². The van der Waals surface area contributed by atoms with Gasteiger partial charge < -0.3 is 19.3 Å². The van der Waals surface area contributed by atoms with Crippen molar-refractivity contribution in [3.8, 4) is 0 Å². The molecule has 17 heavy (non-hydrogen) atoms. The molecule has 0 aromatic heterocycles. The number of carbonyl (C=O) groups excluding carboxylic acids is 1. The number of ether oxygens (including phenoxy) is 2. The largest absolute Gasteiger partial charge is 0.385 e. The van der Waals surface area contributed by atoms with Gasteiger partial charge in [-0.15, -0.1) is 0 Å². The Balaban J connectivity index is 4.26. The van der Waals surface area contributed by atoms with Gasteiger partial charge in [-0.05, 0) is 20.3 Å². The number of carbonyl (C=O) groups is 1. The standard InChI is InChI=1S/C12H26N2O3/c1-5-13(6-2)12(15)14(9-11-17-4)8-7-10-16-3/h5-11H2,1-4H3. The van der Waals surface area contributed by atoms with E-state index in [1.165, 1.54) is 0 Å². The molecule has 102 valence electrons. The molecule has 0 N–H and O–H groups in total. The van der Waals surface area contributed by atoms with E-state index in [9.17, 15) is 4.79 Å². The number of rotatable bonds is 9. The molecule has 0 rings (SSSR count). The molecule has 0 fully saturated rings. The van der Waals surface area contributed by atoms with Crippen molar-refractivity contribution in [1.29, 1.82) is 0 Å². The fourth-order valence-corrected chi connectivity index (χ4v) is 1.60. The van der Waals surface area contributed by atoms with E-state index in [-0.39, 0.29) is 6.03 Å². The smallest absolute Gasteiger partial charge is 0.320 e. The summed E-state index contributed by atoms with van der Waals surface area (Å²) >= 11 is 0. The van der Waals surface area contributed by atoms with E-state index in [0.717, 1.165) is 19.5 Å². The van der Waals surface area contributed by atoms with Gasteiger partial charge in [-0.1, -0.05) is 0 Å². The van der Waals surface area contributed by atoms with Crippen LogP contribution in [0.3, 0.4) is 0 Å². The van der Waals surface area contributed by atoms with E-state index in [2.05, 4.69) is 0 Å². The van der Waals surface area contributed by atoms with Crippen molar-refractivity contribution in [3.05, 3.63) is 0 Å². The van der Waals surface area contributed by atoms with Gasteiger partial charge in [0.05, 0.1) is 6.61 Å². The van der Waals surface area contributed by atoms with Crippen LogP contribution in [0.1, 0.15) is 20.3 Å². The quantitative estimate of drug-likeness (QED) is 0.578. The van der Waals surface area contributed by atoms with Crippen LogP contribution in [0.4, 0.5) is 4.79 Å². The fraction of sp³-hybridized carbons (Fsp3) is 0.917. The predicted molar refractivity (Wildman–Crippen MR) is 68.3 cm³/mol. The average Bonchev–Trinajstić information content (AvgIpc) is 2.35. The highest BCUT2D eigenvalue weighted by Gasteiger charge is 2.17. The SMILES string of the molecule is CCN(CC)C(=O)N(CCCOC)CCOC. The van der Waals surface area contributed by atoms with Crippen molar-refractivity contribution in [2.24, 2.45) is 0 Å². The Morgan fingerprint density at radius 1 is 0.941 bits per heavy atom. The average molecular weight is 246 g/mol. The summed E-state index contributed by atoms with van der Waals surface area (Å²) in [5, 5.41) is 0. The van der Waals surface area contributed by atoms with Crippen molar-refractivity contribution in [3.63, 3.8) is 0 Å². The first-order valence-corrected chi connectivity index (χ1v) is 6.22. The second kappa shape index (κ2) is 10.4. The second-order valence-electron chi connectivity index (χ2n) is 3.78. The van der Waals surface area contributed by atoms with Gasteiger partial charge in [-0.25, -0.2) is 4.79 Å². The molecule has 0 unspecified atom stereocenters. The number of amides is 2. The molecule has 0 saturated carbocycles. The molecule has 0 aliphatic rings. The number of nitrogens with zero attached hydrogens (tertiary/aromatic N) is 2. The molecule has 0 heterocycles. The number of methoxy groups -OCH3 is 2. The van der Waals surface area contributed by atoms with Gasteiger partial charge in [0, 0.05) is 47.0 Å². The monoisotopic (exact) mass is 246 g/mol. The van der Waals surface area contributed by atoms with Crippen LogP contribution in [0.5, 0.6) is 0 Å². The lowest BCUT2D eigenvalue weighted by Gasteiger charge is -2.29. The zero-order valence-electron chi connectivity index (χ0n) is 11.6. The Kier molecular flexibility index (Phi) is 9.86. The van der Waals surface area contributed by atoms with E-state index in [4.69, 9.17) is 9.47 Å². The highest BCUT2D eigenvalue weighted by molar-refractivity contribution is 5.74. The highest BCUT2D eigenvalue weighted by atomic mass is 16.5. The molecule has 0 bridgehead atoms. The third-order valence-corrected chi connectivity index (χ3v) is 2.65. The first-order valence-electron chi connectivity index (χ1n) is 6.22. The van der Waals surface area contributed by atoms with Gasteiger partial charge in [0.25, 0.3) is 0 Å². The lowest BCUT2D eigenvalue weighted by Crippen LogP contribution is -2.45. The molecule has 0 aromatic carbocycles. The van der Waals surface area contributed by atoms with Gasteiger partial charge in [0.1, 0.15) is 0 Å². The van der Waals surface area contributed by atoms with Crippen molar-refractivity contribution in [1.82, 2.24) is 9.80 Å². The first-order chi connectivity index (χ1) is 8.21. The minimum atomic E-state index is 0.0863. The van der Waals surface area contributed by atoms with Crippen LogP contribution < -0.4 is 0 Å². The third kappa shape index (κ3) is 6.48. The number of urea groups is 1. The van der Waals surface area contributed by atoms with Gasteiger partial charge in [-0.2, -0.15) is 0 Å². The Bertz CT molecular complexity index is 196. The summed E-state index contributed by atoms with van der Waals surface area (Å²) in [6.45, 7) is 8.05. The fourth-order valence-electron chi connectivity index (χ4n) is 1.60. The third-order valence-electron chi connectivity index (χ3n) is 2.65. The van der Waals surface area contributed by atoms with E-state index < -0.39 is 0 Å². The van der Waals surface area contributed by atoms with Crippen molar-refractivity contribution < 1.29 is 14.3 Å². The highest BCUT2D eigenvalue weighted by Crippen LogP contribution is 2.01. The molecule has 5 heteroatoms. The molecule has 2 amide bonds. The van der Waals surface area contributed by atoms with Crippen LogP contribution in [0.2, 0.25) is 0 Å². The zero-order chi connectivity index (χ0) is 13.1. The first kappa shape index (κ1) is 16.2. The zero-order valence-corrected chi connectivity index (χ0v) is 11.6. The molecule has 0 saturated heterocycles. The summed E-state index contributed by atoms with van der Waals surface area (Å²) in [6.07, 6.45) is 0.854. The van der Waals surface area contributed by atoms with Crippen LogP contribution in [0.15, 0.2) is 0 Å². The van der Waals surface area contributed by atoms with Crippen LogP contribution in [-0.4, -0.2) is 69.4 Å². The van der Waals surface area contributed by atoms with E-state index in [1.807, 2.05) is 23.6 Å². The van der Waals surface area contributed by atoms with E-state index in [1.54, 1.807) is 14.2 Å². The van der Waals surface area contributed by atoms with Gasteiger partial charge in [0.15, 0.2) is 0 Å². The van der Waals surface area contributed by atoms with E-state index in [0.29, 0.717) is 26.3 Å². The molecular weight excluding hydrogens is 220 g/mol. The molecule has 0 aliphatic carbocycles. The number of hydrogen-bond acceptors (Lipinski definition) is 3. The molecule has 0 radical (unpaired) electrons.